The molecule has 0 saturated carbocycles. The first kappa shape index (κ1) is 14.5. The third-order valence-corrected chi connectivity index (χ3v) is 4.05. The van der Waals surface area contributed by atoms with Crippen molar-refractivity contribution in [3.63, 3.8) is 0 Å². The SMILES string of the molecule is COc1cccc(C[C@@H](Sc2ccccc2)C(=O)O)c1. The third kappa shape index (κ3) is 4.03. The molecule has 1 atom stereocenters. The summed E-state index contributed by atoms with van der Waals surface area (Å²) in [6.45, 7) is 0. The largest absolute Gasteiger partial charge is 0.497 e. The molecule has 2 rings (SSSR count). The minimum Gasteiger partial charge on any atom is -0.497 e. The van der Waals surface area contributed by atoms with E-state index in [4.69, 9.17) is 4.74 Å². The number of rotatable bonds is 6. The van der Waals surface area contributed by atoms with Crippen LogP contribution in [-0.2, 0) is 11.2 Å². The van der Waals surface area contributed by atoms with Gasteiger partial charge >= 0.3 is 5.97 Å². The fourth-order valence-corrected chi connectivity index (χ4v) is 2.88. The number of hydrogen-bond donors (Lipinski definition) is 1. The normalized spacial score (nSPS) is 11.8. The van der Waals surface area contributed by atoms with E-state index >= 15 is 0 Å². The number of carbonyl (C=O) groups is 1. The Morgan fingerprint density at radius 1 is 1.20 bits per heavy atom. The van der Waals surface area contributed by atoms with Crippen LogP contribution in [0.25, 0.3) is 0 Å². The van der Waals surface area contributed by atoms with Gasteiger partial charge in [0.05, 0.1) is 7.11 Å². The lowest BCUT2D eigenvalue weighted by Gasteiger charge is -2.12. The first-order valence-corrected chi connectivity index (χ1v) is 7.14. The van der Waals surface area contributed by atoms with E-state index in [0.29, 0.717) is 6.42 Å². The minimum absolute atomic E-state index is 0.464. The summed E-state index contributed by atoms with van der Waals surface area (Å²) in [6.07, 6.45) is 0.464. The second-order valence-electron chi connectivity index (χ2n) is 4.31. The van der Waals surface area contributed by atoms with Gasteiger partial charge in [0.2, 0.25) is 0 Å². The van der Waals surface area contributed by atoms with Crippen molar-refractivity contribution in [2.45, 2.75) is 16.6 Å². The zero-order valence-corrected chi connectivity index (χ0v) is 12.0. The number of aliphatic carboxylic acids is 1. The van der Waals surface area contributed by atoms with Crippen molar-refractivity contribution in [2.75, 3.05) is 7.11 Å². The van der Waals surface area contributed by atoms with Gasteiger partial charge in [0, 0.05) is 4.90 Å². The average Bonchev–Trinajstić information content (AvgIpc) is 2.48. The Morgan fingerprint density at radius 3 is 2.60 bits per heavy atom. The molecule has 0 bridgehead atoms. The van der Waals surface area contributed by atoms with Crippen molar-refractivity contribution in [2.24, 2.45) is 0 Å². The van der Waals surface area contributed by atoms with Crippen LogP contribution >= 0.6 is 11.8 Å². The maximum atomic E-state index is 11.4. The lowest BCUT2D eigenvalue weighted by atomic mass is 10.1. The van der Waals surface area contributed by atoms with Crippen molar-refractivity contribution in [3.8, 4) is 5.75 Å². The zero-order chi connectivity index (χ0) is 14.4. The molecule has 0 aromatic heterocycles. The molecule has 2 aromatic rings. The predicted octanol–water partition coefficient (Wildman–Crippen LogP) is 3.48. The van der Waals surface area contributed by atoms with E-state index in [0.717, 1.165) is 16.2 Å². The predicted molar refractivity (Wildman–Crippen MR) is 80.4 cm³/mol. The van der Waals surface area contributed by atoms with E-state index < -0.39 is 11.2 Å². The van der Waals surface area contributed by atoms with E-state index in [1.165, 1.54) is 11.8 Å². The zero-order valence-electron chi connectivity index (χ0n) is 11.2. The van der Waals surface area contributed by atoms with Gasteiger partial charge in [-0.2, -0.15) is 0 Å². The lowest BCUT2D eigenvalue weighted by molar-refractivity contribution is -0.136. The molecule has 0 unspecified atom stereocenters. The molecule has 104 valence electrons. The highest BCUT2D eigenvalue weighted by Crippen LogP contribution is 2.26. The minimum atomic E-state index is -0.804. The van der Waals surface area contributed by atoms with Gasteiger partial charge in [0.15, 0.2) is 0 Å². The maximum Gasteiger partial charge on any atom is 0.317 e. The summed E-state index contributed by atoms with van der Waals surface area (Å²) in [5.41, 5.74) is 0.959. The summed E-state index contributed by atoms with van der Waals surface area (Å²) < 4.78 is 5.16. The van der Waals surface area contributed by atoms with Crippen LogP contribution in [0.5, 0.6) is 5.75 Å². The Balaban J connectivity index is 2.11. The summed E-state index contributed by atoms with van der Waals surface area (Å²) >= 11 is 1.36. The number of hydrogen-bond acceptors (Lipinski definition) is 3. The van der Waals surface area contributed by atoms with Gasteiger partial charge in [-0.15, -0.1) is 11.8 Å². The van der Waals surface area contributed by atoms with Crippen molar-refractivity contribution >= 4 is 17.7 Å². The molecule has 3 nitrogen and oxygen atoms in total. The lowest BCUT2D eigenvalue weighted by Crippen LogP contribution is -2.19. The summed E-state index contributed by atoms with van der Waals surface area (Å²) in [7, 11) is 1.60. The summed E-state index contributed by atoms with van der Waals surface area (Å²) in [5, 5.41) is 8.86. The van der Waals surface area contributed by atoms with Gasteiger partial charge in [-0.3, -0.25) is 4.79 Å². The van der Waals surface area contributed by atoms with E-state index in [1.807, 2.05) is 54.6 Å². The molecular weight excluding hydrogens is 272 g/mol. The first-order chi connectivity index (χ1) is 9.69. The molecule has 1 N–H and O–H groups in total. The molecule has 4 heteroatoms. The number of carboxylic acids is 1. The Morgan fingerprint density at radius 2 is 1.95 bits per heavy atom. The van der Waals surface area contributed by atoms with Crippen LogP contribution < -0.4 is 4.74 Å². The van der Waals surface area contributed by atoms with E-state index in [2.05, 4.69) is 0 Å². The molecule has 0 amide bonds. The Hall–Kier alpha value is -1.94. The van der Waals surface area contributed by atoms with Gasteiger partial charge in [-0.1, -0.05) is 30.3 Å². The molecule has 0 radical (unpaired) electrons. The quantitative estimate of drug-likeness (QED) is 0.827. The van der Waals surface area contributed by atoms with Crippen LogP contribution in [0.4, 0.5) is 0 Å². The second kappa shape index (κ2) is 7.01. The van der Waals surface area contributed by atoms with Crippen molar-refractivity contribution in [1.82, 2.24) is 0 Å². The van der Waals surface area contributed by atoms with Gasteiger partial charge in [-0.25, -0.2) is 0 Å². The van der Waals surface area contributed by atoms with Crippen LogP contribution in [0.2, 0.25) is 0 Å². The standard InChI is InChI=1S/C16H16O3S/c1-19-13-7-5-6-12(10-13)11-15(16(17)18)20-14-8-3-2-4-9-14/h2-10,15H,11H2,1H3,(H,17,18)/t15-/m1/s1. The monoisotopic (exact) mass is 288 g/mol. The van der Waals surface area contributed by atoms with Crippen LogP contribution in [0.15, 0.2) is 59.5 Å². The number of methoxy groups -OCH3 is 1. The summed E-state index contributed by atoms with van der Waals surface area (Å²) in [4.78, 5) is 12.4. The molecule has 20 heavy (non-hydrogen) atoms. The number of benzene rings is 2. The van der Waals surface area contributed by atoms with E-state index in [9.17, 15) is 9.90 Å². The van der Waals surface area contributed by atoms with E-state index in [1.54, 1.807) is 7.11 Å². The summed E-state index contributed by atoms with van der Waals surface area (Å²) in [5.74, 6) is -0.0574. The molecule has 2 aromatic carbocycles. The highest BCUT2D eigenvalue weighted by atomic mass is 32.2. The summed E-state index contributed by atoms with van der Waals surface area (Å²) in [6, 6.07) is 17.1. The molecule has 0 aliphatic heterocycles. The van der Waals surface area contributed by atoms with Crippen LogP contribution in [0, 0.1) is 0 Å². The fourth-order valence-electron chi connectivity index (χ4n) is 1.86. The fraction of sp³-hybridized carbons (Fsp3) is 0.188. The number of carboxylic acid groups (broad SMARTS) is 1. The van der Waals surface area contributed by atoms with Crippen LogP contribution in [0.1, 0.15) is 5.56 Å². The molecule has 0 fully saturated rings. The van der Waals surface area contributed by atoms with Gasteiger partial charge in [-0.05, 0) is 36.2 Å². The molecule has 0 heterocycles. The topological polar surface area (TPSA) is 46.5 Å². The highest BCUT2D eigenvalue weighted by Gasteiger charge is 2.19. The van der Waals surface area contributed by atoms with E-state index in [-0.39, 0.29) is 0 Å². The molecule has 0 spiro atoms. The van der Waals surface area contributed by atoms with Crippen molar-refractivity contribution < 1.29 is 14.6 Å². The molecular formula is C16H16O3S. The Labute approximate surface area is 122 Å². The molecule has 0 aliphatic carbocycles. The van der Waals surface area contributed by atoms with Gasteiger partial charge in [0.25, 0.3) is 0 Å². The number of ether oxygens (including phenoxy) is 1. The van der Waals surface area contributed by atoms with Crippen molar-refractivity contribution in [1.29, 1.82) is 0 Å². The first-order valence-electron chi connectivity index (χ1n) is 6.26. The van der Waals surface area contributed by atoms with Crippen LogP contribution in [-0.4, -0.2) is 23.4 Å². The molecule has 0 saturated heterocycles. The highest BCUT2D eigenvalue weighted by molar-refractivity contribution is 8.00. The van der Waals surface area contributed by atoms with Gasteiger partial charge < -0.3 is 9.84 Å². The average molecular weight is 288 g/mol. The Bertz CT molecular complexity index is 569. The van der Waals surface area contributed by atoms with Crippen LogP contribution in [0.3, 0.4) is 0 Å². The number of thioether (sulfide) groups is 1. The smallest absolute Gasteiger partial charge is 0.317 e. The van der Waals surface area contributed by atoms with Gasteiger partial charge in [0.1, 0.15) is 11.0 Å². The van der Waals surface area contributed by atoms with Crippen molar-refractivity contribution in [3.05, 3.63) is 60.2 Å². The third-order valence-electron chi connectivity index (χ3n) is 2.85. The maximum absolute atomic E-state index is 11.4. The molecule has 0 aliphatic rings. The Kier molecular flexibility index (Phi) is 5.07. The second-order valence-corrected chi connectivity index (χ2v) is 5.59.